The lowest BCUT2D eigenvalue weighted by Crippen LogP contribution is -2.43. The van der Waals surface area contributed by atoms with Crippen LogP contribution in [-0.2, 0) is 14.6 Å². The summed E-state index contributed by atoms with van der Waals surface area (Å²) in [5.41, 5.74) is 0. The molecule has 1 saturated carbocycles. The highest BCUT2D eigenvalue weighted by molar-refractivity contribution is 7.90. The molecular weight excluding hydrogens is 262 g/mol. The summed E-state index contributed by atoms with van der Waals surface area (Å²) in [7, 11) is -2.85. The summed E-state index contributed by atoms with van der Waals surface area (Å²) in [6.45, 7) is 5.88. The summed E-state index contributed by atoms with van der Waals surface area (Å²) in [4.78, 5) is 0. The summed E-state index contributed by atoms with van der Waals surface area (Å²) in [5, 5.41) is 3.54. The Morgan fingerprint density at radius 2 is 2.00 bits per heavy atom. The summed E-state index contributed by atoms with van der Waals surface area (Å²) in [5.74, 6) is 0.952. The van der Waals surface area contributed by atoms with Crippen molar-refractivity contribution in [3.8, 4) is 0 Å². The molecule has 0 aromatic carbocycles. The van der Waals surface area contributed by atoms with Crippen LogP contribution in [0.1, 0.15) is 46.0 Å². The fourth-order valence-corrected chi connectivity index (χ4v) is 3.17. The van der Waals surface area contributed by atoms with Gasteiger partial charge in [0.15, 0.2) is 0 Å². The van der Waals surface area contributed by atoms with E-state index < -0.39 is 9.84 Å². The molecule has 0 bridgehead atoms. The van der Waals surface area contributed by atoms with Crippen molar-refractivity contribution < 1.29 is 13.2 Å². The van der Waals surface area contributed by atoms with Gasteiger partial charge in [-0.3, -0.25) is 0 Å². The van der Waals surface area contributed by atoms with E-state index in [1.807, 2.05) is 6.92 Å². The molecule has 0 amide bonds. The van der Waals surface area contributed by atoms with Gasteiger partial charge in [-0.2, -0.15) is 0 Å². The molecule has 0 heterocycles. The molecule has 19 heavy (non-hydrogen) atoms. The Kier molecular flexibility index (Phi) is 7.32. The minimum absolute atomic E-state index is 0.260. The predicted molar refractivity (Wildman–Crippen MR) is 79.2 cm³/mol. The number of hydrogen-bond acceptors (Lipinski definition) is 4. The summed E-state index contributed by atoms with van der Waals surface area (Å²) >= 11 is 0. The smallest absolute Gasteiger partial charge is 0.147 e. The maximum Gasteiger partial charge on any atom is 0.147 e. The third-order valence-electron chi connectivity index (χ3n) is 3.53. The summed E-state index contributed by atoms with van der Waals surface area (Å²) < 4.78 is 28.3. The maximum atomic E-state index is 11.2. The second-order valence-electron chi connectivity index (χ2n) is 5.59. The van der Waals surface area contributed by atoms with Gasteiger partial charge in [-0.1, -0.05) is 6.92 Å². The molecule has 0 aromatic heterocycles. The first-order chi connectivity index (χ1) is 8.98. The minimum atomic E-state index is -2.85. The van der Waals surface area contributed by atoms with E-state index in [4.69, 9.17) is 4.74 Å². The molecule has 1 fully saturated rings. The van der Waals surface area contributed by atoms with E-state index >= 15 is 0 Å². The molecule has 5 heteroatoms. The predicted octanol–water partition coefficient (Wildman–Crippen LogP) is 1.99. The van der Waals surface area contributed by atoms with Crippen LogP contribution in [0.15, 0.2) is 0 Å². The van der Waals surface area contributed by atoms with Gasteiger partial charge < -0.3 is 10.1 Å². The Labute approximate surface area is 118 Å². The quantitative estimate of drug-likeness (QED) is 0.632. The first-order valence-electron chi connectivity index (χ1n) is 7.50. The first-order valence-corrected chi connectivity index (χ1v) is 9.56. The van der Waals surface area contributed by atoms with E-state index in [1.54, 1.807) is 0 Å². The van der Waals surface area contributed by atoms with Gasteiger partial charge >= 0.3 is 0 Å². The van der Waals surface area contributed by atoms with Gasteiger partial charge in [-0.05, 0) is 51.5 Å². The summed E-state index contributed by atoms with van der Waals surface area (Å²) in [6, 6.07) is 0.300. The Hall–Kier alpha value is -0.130. The largest absolute Gasteiger partial charge is 0.377 e. The second kappa shape index (κ2) is 8.22. The van der Waals surface area contributed by atoms with Crippen LogP contribution in [0.4, 0.5) is 0 Å². The molecule has 4 nitrogen and oxygen atoms in total. The molecule has 114 valence electrons. The van der Waals surface area contributed by atoms with Crippen LogP contribution in [0.2, 0.25) is 0 Å². The second-order valence-corrected chi connectivity index (χ2v) is 7.85. The third kappa shape index (κ3) is 7.28. The molecule has 0 saturated heterocycles. The molecule has 0 spiro atoms. The monoisotopic (exact) mass is 291 g/mol. The number of nitrogens with one attached hydrogen (secondary N) is 1. The van der Waals surface area contributed by atoms with Crippen molar-refractivity contribution in [2.24, 2.45) is 5.92 Å². The Balaban J connectivity index is 2.48. The fraction of sp³-hybridized carbons (Fsp3) is 1.00. The van der Waals surface area contributed by atoms with E-state index in [0.717, 1.165) is 32.4 Å². The van der Waals surface area contributed by atoms with Crippen molar-refractivity contribution in [1.29, 1.82) is 0 Å². The Morgan fingerprint density at radius 3 is 2.47 bits per heavy atom. The van der Waals surface area contributed by atoms with E-state index in [1.165, 1.54) is 19.1 Å². The van der Waals surface area contributed by atoms with Gasteiger partial charge in [0, 0.05) is 24.7 Å². The lowest BCUT2D eigenvalue weighted by molar-refractivity contribution is 0.0169. The van der Waals surface area contributed by atoms with Crippen molar-refractivity contribution in [3.05, 3.63) is 0 Å². The van der Waals surface area contributed by atoms with Crippen LogP contribution in [0, 0.1) is 5.92 Å². The fourth-order valence-electron chi connectivity index (χ4n) is 2.48. The maximum absolute atomic E-state index is 11.2. The molecule has 0 radical (unpaired) electrons. The average Bonchev–Trinajstić information content (AvgIpc) is 3.13. The van der Waals surface area contributed by atoms with Crippen LogP contribution < -0.4 is 5.32 Å². The number of rotatable bonds is 11. The topological polar surface area (TPSA) is 55.4 Å². The first kappa shape index (κ1) is 16.9. The molecule has 0 aliphatic heterocycles. The van der Waals surface area contributed by atoms with E-state index in [0.29, 0.717) is 12.0 Å². The standard InChI is InChI=1S/C14H29NO3S/c1-4-10-15-13(7-6-11-19(3,16)17)14(18-5-2)12-8-9-12/h12-15H,4-11H2,1-3H3. The lowest BCUT2D eigenvalue weighted by atomic mass is 10.0. The van der Waals surface area contributed by atoms with E-state index in [-0.39, 0.29) is 11.9 Å². The van der Waals surface area contributed by atoms with Gasteiger partial charge in [-0.15, -0.1) is 0 Å². The van der Waals surface area contributed by atoms with Crippen molar-refractivity contribution >= 4 is 9.84 Å². The molecule has 1 aliphatic carbocycles. The number of ether oxygens (including phenoxy) is 1. The molecular formula is C14H29NO3S. The minimum Gasteiger partial charge on any atom is -0.377 e. The van der Waals surface area contributed by atoms with Crippen molar-refractivity contribution in [3.63, 3.8) is 0 Å². The molecule has 0 aromatic rings. The van der Waals surface area contributed by atoms with E-state index in [2.05, 4.69) is 12.2 Å². The number of hydrogen-bond donors (Lipinski definition) is 1. The Bertz CT molecular complexity index is 339. The van der Waals surface area contributed by atoms with Gasteiger partial charge in [0.25, 0.3) is 0 Å². The Morgan fingerprint density at radius 1 is 1.32 bits per heavy atom. The highest BCUT2D eigenvalue weighted by Crippen LogP contribution is 2.36. The lowest BCUT2D eigenvalue weighted by Gasteiger charge is -2.28. The third-order valence-corrected chi connectivity index (χ3v) is 4.56. The van der Waals surface area contributed by atoms with Crippen LogP contribution in [0.5, 0.6) is 0 Å². The van der Waals surface area contributed by atoms with Gasteiger partial charge in [0.1, 0.15) is 9.84 Å². The highest BCUT2D eigenvalue weighted by atomic mass is 32.2. The normalized spacial score (nSPS) is 19.3. The molecule has 2 atom stereocenters. The molecule has 1 rings (SSSR count). The SMILES string of the molecule is CCCNC(CCCS(C)(=O)=O)C(OCC)C1CC1. The van der Waals surface area contributed by atoms with Crippen LogP contribution >= 0.6 is 0 Å². The summed E-state index contributed by atoms with van der Waals surface area (Å²) in [6.07, 6.45) is 6.76. The van der Waals surface area contributed by atoms with Crippen LogP contribution in [0.3, 0.4) is 0 Å². The van der Waals surface area contributed by atoms with Gasteiger partial charge in [0.05, 0.1) is 6.10 Å². The average molecular weight is 291 g/mol. The van der Waals surface area contributed by atoms with E-state index in [9.17, 15) is 8.42 Å². The van der Waals surface area contributed by atoms with Crippen LogP contribution in [-0.4, -0.2) is 45.7 Å². The molecule has 1 aliphatic rings. The highest BCUT2D eigenvalue weighted by Gasteiger charge is 2.36. The van der Waals surface area contributed by atoms with Crippen molar-refractivity contribution in [2.45, 2.75) is 58.1 Å². The van der Waals surface area contributed by atoms with Gasteiger partial charge in [0.2, 0.25) is 0 Å². The van der Waals surface area contributed by atoms with Gasteiger partial charge in [-0.25, -0.2) is 8.42 Å². The van der Waals surface area contributed by atoms with Crippen molar-refractivity contribution in [2.75, 3.05) is 25.2 Å². The molecule has 1 N–H and O–H groups in total. The van der Waals surface area contributed by atoms with Crippen molar-refractivity contribution in [1.82, 2.24) is 5.32 Å². The number of sulfone groups is 1. The zero-order chi connectivity index (χ0) is 14.3. The van der Waals surface area contributed by atoms with Crippen LogP contribution in [0.25, 0.3) is 0 Å². The zero-order valence-electron chi connectivity index (χ0n) is 12.5. The zero-order valence-corrected chi connectivity index (χ0v) is 13.3. The molecule has 2 unspecified atom stereocenters.